The van der Waals surface area contributed by atoms with Crippen LogP contribution in [0, 0.1) is 6.92 Å². The van der Waals surface area contributed by atoms with Gasteiger partial charge in [-0.1, -0.05) is 18.2 Å². The molecule has 1 aliphatic heterocycles. The van der Waals surface area contributed by atoms with E-state index in [1.54, 1.807) is 6.07 Å². The SMILES string of the molecule is Cc1cc(-c2cccc(N)c2O)ccc1N1CCOCC1. The number of rotatable bonds is 2. The third-order valence-electron chi connectivity index (χ3n) is 3.93. The summed E-state index contributed by atoms with van der Waals surface area (Å²) in [6, 6.07) is 11.7. The average molecular weight is 284 g/mol. The maximum Gasteiger partial charge on any atom is 0.146 e. The molecule has 4 heteroatoms. The third kappa shape index (κ3) is 2.67. The first-order chi connectivity index (χ1) is 10.2. The highest BCUT2D eigenvalue weighted by molar-refractivity contribution is 5.78. The number of aromatic hydroxyl groups is 1. The Morgan fingerprint density at radius 1 is 1.14 bits per heavy atom. The van der Waals surface area contributed by atoms with Gasteiger partial charge in [0.15, 0.2) is 0 Å². The van der Waals surface area contributed by atoms with Gasteiger partial charge in [-0.05, 0) is 36.2 Å². The Morgan fingerprint density at radius 3 is 2.62 bits per heavy atom. The summed E-state index contributed by atoms with van der Waals surface area (Å²) in [5.41, 5.74) is 10.3. The maximum absolute atomic E-state index is 10.1. The van der Waals surface area contributed by atoms with E-state index in [9.17, 15) is 5.11 Å². The molecular weight excluding hydrogens is 264 g/mol. The first-order valence-corrected chi connectivity index (χ1v) is 7.18. The molecule has 2 aromatic carbocycles. The van der Waals surface area contributed by atoms with Crippen LogP contribution in [-0.2, 0) is 4.74 Å². The summed E-state index contributed by atoms with van der Waals surface area (Å²) in [5.74, 6) is 0.149. The number of nitrogens with two attached hydrogens (primary N) is 1. The van der Waals surface area contributed by atoms with Crippen LogP contribution in [0.3, 0.4) is 0 Å². The lowest BCUT2D eigenvalue weighted by Crippen LogP contribution is -2.36. The molecule has 3 N–H and O–H groups in total. The summed E-state index contributed by atoms with van der Waals surface area (Å²) in [7, 11) is 0. The number of phenols is 1. The molecule has 1 aliphatic rings. The minimum absolute atomic E-state index is 0.149. The molecular formula is C17H20N2O2. The van der Waals surface area contributed by atoms with E-state index in [0.717, 1.165) is 37.4 Å². The maximum atomic E-state index is 10.1. The highest BCUT2D eigenvalue weighted by atomic mass is 16.5. The number of benzene rings is 2. The van der Waals surface area contributed by atoms with Crippen molar-refractivity contribution in [3.05, 3.63) is 42.0 Å². The van der Waals surface area contributed by atoms with Crippen LogP contribution in [0.2, 0.25) is 0 Å². The average Bonchev–Trinajstić information content (AvgIpc) is 2.51. The van der Waals surface area contributed by atoms with Crippen molar-refractivity contribution < 1.29 is 9.84 Å². The lowest BCUT2D eigenvalue weighted by molar-refractivity contribution is 0.122. The van der Waals surface area contributed by atoms with E-state index in [1.165, 1.54) is 11.3 Å². The van der Waals surface area contributed by atoms with Gasteiger partial charge >= 0.3 is 0 Å². The van der Waals surface area contributed by atoms with E-state index >= 15 is 0 Å². The molecule has 1 saturated heterocycles. The van der Waals surface area contributed by atoms with Gasteiger partial charge in [0, 0.05) is 24.3 Å². The lowest BCUT2D eigenvalue weighted by Gasteiger charge is -2.30. The standard InChI is InChI=1S/C17H20N2O2/c1-12-11-13(14-3-2-4-15(18)17(14)20)5-6-16(12)19-7-9-21-10-8-19/h2-6,11,20H,7-10,18H2,1H3. The van der Waals surface area contributed by atoms with E-state index in [2.05, 4.69) is 24.0 Å². The second-order valence-electron chi connectivity index (χ2n) is 5.34. The molecule has 21 heavy (non-hydrogen) atoms. The van der Waals surface area contributed by atoms with Crippen LogP contribution >= 0.6 is 0 Å². The summed E-state index contributed by atoms with van der Waals surface area (Å²) < 4.78 is 5.39. The highest BCUT2D eigenvalue weighted by Crippen LogP contribution is 2.35. The summed E-state index contributed by atoms with van der Waals surface area (Å²) in [6.45, 7) is 5.49. The van der Waals surface area contributed by atoms with Gasteiger partial charge < -0.3 is 20.5 Å². The zero-order chi connectivity index (χ0) is 14.8. The molecule has 2 aromatic rings. The van der Waals surface area contributed by atoms with Crippen molar-refractivity contribution in [3.8, 4) is 16.9 Å². The van der Waals surface area contributed by atoms with E-state index in [0.29, 0.717) is 5.69 Å². The normalized spacial score (nSPS) is 15.2. The molecule has 0 aromatic heterocycles. The largest absolute Gasteiger partial charge is 0.505 e. The summed E-state index contributed by atoms with van der Waals surface area (Å²) in [5, 5.41) is 10.1. The monoisotopic (exact) mass is 284 g/mol. The molecule has 0 radical (unpaired) electrons. The first-order valence-electron chi connectivity index (χ1n) is 7.18. The molecule has 0 amide bonds. The smallest absolute Gasteiger partial charge is 0.146 e. The number of aryl methyl sites for hydroxylation is 1. The number of anilines is 2. The van der Waals surface area contributed by atoms with Gasteiger partial charge in [0.05, 0.1) is 18.9 Å². The fourth-order valence-electron chi connectivity index (χ4n) is 2.78. The Hall–Kier alpha value is -2.20. The topological polar surface area (TPSA) is 58.7 Å². The van der Waals surface area contributed by atoms with Crippen LogP contribution < -0.4 is 10.6 Å². The number of nitrogens with zero attached hydrogens (tertiary/aromatic N) is 1. The number of morpholine rings is 1. The predicted octanol–water partition coefficient (Wildman–Crippen LogP) is 2.79. The van der Waals surface area contributed by atoms with Crippen LogP contribution in [0.15, 0.2) is 36.4 Å². The lowest BCUT2D eigenvalue weighted by atomic mass is 10.0. The molecule has 0 bridgehead atoms. The van der Waals surface area contributed by atoms with Crippen LogP contribution in [0.25, 0.3) is 11.1 Å². The minimum Gasteiger partial charge on any atom is -0.505 e. The number of hydrogen-bond acceptors (Lipinski definition) is 4. The van der Waals surface area contributed by atoms with Crippen LogP contribution in [0.4, 0.5) is 11.4 Å². The molecule has 0 spiro atoms. The molecule has 1 fully saturated rings. The minimum atomic E-state index is 0.149. The highest BCUT2D eigenvalue weighted by Gasteiger charge is 2.14. The first kappa shape index (κ1) is 13.8. The van der Waals surface area contributed by atoms with E-state index in [4.69, 9.17) is 10.5 Å². The Morgan fingerprint density at radius 2 is 1.90 bits per heavy atom. The van der Waals surface area contributed by atoms with Crippen LogP contribution in [0.5, 0.6) is 5.75 Å². The fourth-order valence-corrected chi connectivity index (χ4v) is 2.78. The van der Waals surface area contributed by atoms with Gasteiger partial charge in [-0.15, -0.1) is 0 Å². The van der Waals surface area contributed by atoms with E-state index in [1.807, 2.05) is 18.2 Å². The fraction of sp³-hybridized carbons (Fsp3) is 0.294. The van der Waals surface area contributed by atoms with Gasteiger partial charge in [-0.3, -0.25) is 0 Å². The molecule has 0 saturated carbocycles. The number of hydrogen-bond donors (Lipinski definition) is 2. The molecule has 110 valence electrons. The second-order valence-corrected chi connectivity index (χ2v) is 5.34. The van der Waals surface area contributed by atoms with Gasteiger partial charge in [-0.2, -0.15) is 0 Å². The predicted molar refractivity (Wildman–Crippen MR) is 85.7 cm³/mol. The van der Waals surface area contributed by atoms with Crippen molar-refractivity contribution >= 4 is 11.4 Å². The van der Waals surface area contributed by atoms with Crippen molar-refractivity contribution in [1.82, 2.24) is 0 Å². The van der Waals surface area contributed by atoms with E-state index < -0.39 is 0 Å². The van der Waals surface area contributed by atoms with Crippen molar-refractivity contribution in [3.63, 3.8) is 0 Å². The van der Waals surface area contributed by atoms with Gasteiger partial charge in [-0.25, -0.2) is 0 Å². The van der Waals surface area contributed by atoms with Crippen molar-refractivity contribution in [2.24, 2.45) is 0 Å². The number of ether oxygens (including phenoxy) is 1. The summed E-state index contributed by atoms with van der Waals surface area (Å²) in [4.78, 5) is 2.34. The van der Waals surface area contributed by atoms with E-state index in [-0.39, 0.29) is 5.75 Å². The van der Waals surface area contributed by atoms with Gasteiger partial charge in [0.2, 0.25) is 0 Å². The van der Waals surface area contributed by atoms with Gasteiger partial charge in [0.25, 0.3) is 0 Å². The molecule has 0 atom stereocenters. The quantitative estimate of drug-likeness (QED) is 0.657. The van der Waals surface area contributed by atoms with Gasteiger partial charge in [0.1, 0.15) is 5.75 Å². The molecule has 4 nitrogen and oxygen atoms in total. The Balaban J connectivity index is 1.95. The van der Waals surface area contributed by atoms with Crippen molar-refractivity contribution in [2.45, 2.75) is 6.92 Å². The molecule has 0 aliphatic carbocycles. The summed E-state index contributed by atoms with van der Waals surface area (Å²) >= 11 is 0. The Labute approximate surface area is 124 Å². The number of phenolic OH excluding ortho intramolecular Hbond substituents is 1. The summed E-state index contributed by atoms with van der Waals surface area (Å²) in [6.07, 6.45) is 0. The van der Waals surface area contributed by atoms with Crippen LogP contribution in [-0.4, -0.2) is 31.4 Å². The van der Waals surface area contributed by atoms with Crippen LogP contribution in [0.1, 0.15) is 5.56 Å². The second kappa shape index (κ2) is 5.66. The number of para-hydroxylation sites is 1. The number of nitrogen functional groups attached to an aromatic ring is 1. The van der Waals surface area contributed by atoms with Crippen molar-refractivity contribution in [2.75, 3.05) is 36.9 Å². The molecule has 3 rings (SSSR count). The van der Waals surface area contributed by atoms with Crippen molar-refractivity contribution in [1.29, 1.82) is 0 Å². The Bertz CT molecular complexity index is 649. The zero-order valence-corrected chi connectivity index (χ0v) is 12.2. The zero-order valence-electron chi connectivity index (χ0n) is 12.2. The Kier molecular flexibility index (Phi) is 3.71. The molecule has 1 heterocycles. The third-order valence-corrected chi connectivity index (χ3v) is 3.93. The molecule has 0 unspecified atom stereocenters.